The molecule has 0 heterocycles. The summed E-state index contributed by atoms with van der Waals surface area (Å²) >= 11 is 0. The first-order chi connectivity index (χ1) is 5.77. The molecular formula is C9H6N2O. The van der Waals surface area contributed by atoms with E-state index in [2.05, 4.69) is 0 Å². The fourth-order valence-corrected chi connectivity index (χ4v) is 0.955. The number of carbonyl (C=O) groups is 1. The summed E-state index contributed by atoms with van der Waals surface area (Å²) < 4.78 is 0. The number of hydrogen-bond donors (Lipinski definition) is 0. The highest BCUT2D eigenvalue weighted by Crippen LogP contribution is 2.16. The molecule has 1 aliphatic carbocycles. The molecule has 0 unspecified atom stereocenters. The van der Waals surface area contributed by atoms with E-state index < -0.39 is 5.92 Å². The van der Waals surface area contributed by atoms with Crippen molar-refractivity contribution in [2.45, 2.75) is 0 Å². The summed E-state index contributed by atoms with van der Waals surface area (Å²) in [5.74, 6) is -1.02. The maximum Gasteiger partial charge on any atom is 0.178 e. The summed E-state index contributed by atoms with van der Waals surface area (Å²) in [6, 6.07) is 3.72. The van der Waals surface area contributed by atoms with E-state index in [4.69, 9.17) is 10.5 Å². The van der Waals surface area contributed by atoms with Crippen LogP contribution in [0.5, 0.6) is 0 Å². The van der Waals surface area contributed by atoms with E-state index in [1.165, 1.54) is 12.2 Å². The Kier molecular flexibility index (Phi) is 2.40. The Balaban J connectivity index is 2.76. The first kappa shape index (κ1) is 8.23. The average Bonchev–Trinajstić information content (AvgIpc) is 2.10. The standard InChI is InChI=1S/C9H6N2O/c10-5-8(6-11)7-1-3-9(12)4-2-7/h1-4,7-8H. The molecule has 0 N–H and O–H groups in total. The van der Waals surface area contributed by atoms with Crippen LogP contribution in [0.3, 0.4) is 0 Å². The summed E-state index contributed by atoms with van der Waals surface area (Å²) in [5.41, 5.74) is 0. The van der Waals surface area contributed by atoms with Gasteiger partial charge in [-0.2, -0.15) is 10.5 Å². The minimum absolute atomic E-state index is 0.0964. The third kappa shape index (κ3) is 1.59. The Hall–Kier alpha value is -1.87. The van der Waals surface area contributed by atoms with Crippen molar-refractivity contribution in [2.24, 2.45) is 11.8 Å². The summed E-state index contributed by atoms with van der Waals surface area (Å²) in [4.78, 5) is 10.7. The number of rotatable bonds is 1. The normalized spacial score (nSPS) is 16.1. The molecule has 0 radical (unpaired) electrons. The van der Waals surface area contributed by atoms with Crippen molar-refractivity contribution < 1.29 is 4.79 Å². The molecule has 3 heteroatoms. The van der Waals surface area contributed by atoms with Crippen LogP contribution in [-0.4, -0.2) is 5.78 Å². The average molecular weight is 158 g/mol. The van der Waals surface area contributed by atoms with Crippen LogP contribution in [0, 0.1) is 34.5 Å². The number of ketones is 1. The monoisotopic (exact) mass is 158 g/mol. The number of hydrogen-bond acceptors (Lipinski definition) is 3. The third-order valence-electron chi connectivity index (χ3n) is 1.63. The van der Waals surface area contributed by atoms with Crippen molar-refractivity contribution in [3.05, 3.63) is 24.3 Å². The molecule has 0 bridgehead atoms. The summed E-state index contributed by atoms with van der Waals surface area (Å²) in [6.45, 7) is 0. The Bertz CT molecular complexity index is 297. The van der Waals surface area contributed by atoms with Gasteiger partial charge in [0.05, 0.1) is 12.1 Å². The van der Waals surface area contributed by atoms with Gasteiger partial charge in [0.1, 0.15) is 5.92 Å². The molecular weight excluding hydrogens is 152 g/mol. The summed E-state index contributed by atoms with van der Waals surface area (Å²) in [5, 5.41) is 17.0. The third-order valence-corrected chi connectivity index (χ3v) is 1.63. The van der Waals surface area contributed by atoms with Crippen LogP contribution in [0.2, 0.25) is 0 Å². The van der Waals surface area contributed by atoms with Crippen LogP contribution in [0.4, 0.5) is 0 Å². The van der Waals surface area contributed by atoms with E-state index in [0.717, 1.165) is 0 Å². The molecule has 0 atom stereocenters. The molecule has 3 nitrogen and oxygen atoms in total. The highest BCUT2D eigenvalue weighted by molar-refractivity contribution is 6.00. The molecule has 0 amide bonds. The minimum Gasteiger partial charge on any atom is -0.290 e. The molecule has 12 heavy (non-hydrogen) atoms. The Morgan fingerprint density at radius 2 is 1.75 bits per heavy atom. The van der Waals surface area contributed by atoms with Crippen LogP contribution >= 0.6 is 0 Å². The van der Waals surface area contributed by atoms with E-state index in [9.17, 15) is 4.79 Å². The van der Waals surface area contributed by atoms with Crippen molar-refractivity contribution >= 4 is 5.78 Å². The van der Waals surface area contributed by atoms with E-state index in [-0.39, 0.29) is 11.7 Å². The van der Waals surface area contributed by atoms with Gasteiger partial charge in [0.25, 0.3) is 0 Å². The zero-order valence-electron chi connectivity index (χ0n) is 6.27. The highest BCUT2D eigenvalue weighted by Gasteiger charge is 2.17. The maximum atomic E-state index is 10.7. The Labute approximate surface area is 70.2 Å². The smallest absolute Gasteiger partial charge is 0.178 e. The topological polar surface area (TPSA) is 64.7 Å². The van der Waals surface area contributed by atoms with E-state index >= 15 is 0 Å². The molecule has 0 fully saturated rings. The number of nitrogens with zero attached hydrogens (tertiary/aromatic N) is 2. The fourth-order valence-electron chi connectivity index (χ4n) is 0.955. The predicted molar refractivity (Wildman–Crippen MR) is 41.5 cm³/mol. The van der Waals surface area contributed by atoms with Crippen molar-refractivity contribution in [1.29, 1.82) is 10.5 Å². The van der Waals surface area contributed by atoms with E-state index in [1.54, 1.807) is 12.2 Å². The van der Waals surface area contributed by atoms with Gasteiger partial charge in [-0.05, 0) is 12.2 Å². The lowest BCUT2D eigenvalue weighted by molar-refractivity contribution is -0.110. The van der Waals surface area contributed by atoms with Crippen LogP contribution in [0.25, 0.3) is 0 Å². The molecule has 0 spiro atoms. The van der Waals surface area contributed by atoms with Crippen molar-refractivity contribution in [3.8, 4) is 12.1 Å². The molecule has 0 aromatic heterocycles. The van der Waals surface area contributed by atoms with Gasteiger partial charge in [-0.15, -0.1) is 0 Å². The van der Waals surface area contributed by atoms with Gasteiger partial charge in [0.15, 0.2) is 5.78 Å². The number of nitriles is 2. The van der Waals surface area contributed by atoms with Gasteiger partial charge in [0, 0.05) is 5.92 Å². The van der Waals surface area contributed by atoms with Crippen molar-refractivity contribution in [2.75, 3.05) is 0 Å². The molecule has 1 rings (SSSR count). The Morgan fingerprint density at radius 1 is 1.25 bits per heavy atom. The van der Waals surface area contributed by atoms with Crippen LogP contribution in [0.1, 0.15) is 0 Å². The summed E-state index contributed by atoms with van der Waals surface area (Å²) in [7, 11) is 0. The fraction of sp³-hybridized carbons (Fsp3) is 0.222. The molecule has 0 aromatic rings. The SMILES string of the molecule is N#CC(C#N)C1C=CC(=O)C=C1. The largest absolute Gasteiger partial charge is 0.290 e. The van der Waals surface area contributed by atoms with Gasteiger partial charge < -0.3 is 0 Å². The molecule has 0 aliphatic heterocycles. The quantitative estimate of drug-likeness (QED) is 0.570. The van der Waals surface area contributed by atoms with Crippen LogP contribution < -0.4 is 0 Å². The summed E-state index contributed by atoms with van der Waals surface area (Å²) in [6.07, 6.45) is 5.93. The van der Waals surface area contributed by atoms with Gasteiger partial charge in [-0.1, -0.05) is 12.2 Å². The molecule has 1 aliphatic rings. The van der Waals surface area contributed by atoms with Crippen LogP contribution in [0.15, 0.2) is 24.3 Å². The molecule has 0 aromatic carbocycles. The minimum atomic E-state index is -0.689. The second kappa shape index (κ2) is 3.50. The van der Waals surface area contributed by atoms with Gasteiger partial charge in [0.2, 0.25) is 0 Å². The maximum absolute atomic E-state index is 10.7. The predicted octanol–water partition coefficient (Wildman–Crippen LogP) is 0.961. The zero-order chi connectivity index (χ0) is 8.97. The Morgan fingerprint density at radius 3 is 2.17 bits per heavy atom. The van der Waals surface area contributed by atoms with Gasteiger partial charge in [-0.25, -0.2) is 0 Å². The first-order valence-electron chi connectivity index (χ1n) is 3.47. The second-order valence-corrected chi connectivity index (χ2v) is 2.43. The first-order valence-corrected chi connectivity index (χ1v) is 3.47. The van der Waals surface area contributed by atoms with Gasteiger partial charge >= 0.3 is 0 Å². The van der Waals surface area contributed by atoms with E-state index in [0.29, 0.717) is 0 Å². The lowest BCUT2D eigenvalue weighted by Gasteiger charge is -2.09. The zero-order valence-corrected chi connectivity index (χ0v) is 6.27. The molecule has 0 saturated heterocycles. The molecule has 0 saturated carbocycles. The van der Waals surface area contributed by atoms with Crippen LogP contribution in [-0.2, 0) is 4.79 Å². The van der Waals surface area contributed by atoms with Crippen molar-refractivity contribution in [1.82, 2.24) is 0 Å². The highest BCUT2D eigenvalue weighted by atomic mass is 16.1. The van der Waals surface area contributed by atoms with E-state index in [1.807, 2.05) is 12.1 Å². The molecule has 58 valence electrons. The lowest BCUT2D eigenvalue weighted by Crippen LogP contribution is -2.09. The second-order valence-electron chi connectivity index (χ2n) is 2.43. The lowest BCUT2D eigenvalue weighted by atomic mass is 9.91. The number of allylic oxidation sites excluding steroid dienone is 4. The van der Waals surface area contributed by atoms with Gasteiger partial charge in [-0.3, -0.25) is 4.79 Å². The number of carbonyl (C=O) groups excluding carboxylic acids is 1. The van der Waals surface area contributed by atoms with Crippen molar-refractivity contribution in [3.63, 3.8) is 0 Å².